The van der Waals surface area contributed by atoms with Crippen LogP contribution in [-0.2, 0) is 0 Å². The van der Waals surface area contributed by atoms with Crippen LogP contribution in [0.2, 0.25) is 0 Å². The van der Waals surface area contributed by atoms with Gasteiger partial charge in [0.2, 0.25) is 5.71 Å². The molecule has 1 saturated carbocycles. The third-order valence-electron chi connectivity index (χ3n) is 5.20. The summed E-state index contributed by atoms with van der Waals surface area (Å²) in [5, 5.41) is 4.48. The van der Waals surface area contributed by atoms with Crippen molar-refractivity contribution < 1.29 is 13.3 Å². The lowest BCUT2D eigenvalue weighted by Crippen LogP contribution is -2.19. The smallest absolute Gasteiger partial charge is 0.232 e. The zero-order valence-corrected chi connectivity index (χ0v) is 15.0. The molecular weight excluding hydrogens is 342 g/mol. The highest BCUT2D eigenvalue weighted by molar-refractivity contribution is 6.04. The van der Waals surface area contributed by atoms with E-state index < -0.39 is 0 Å². The second-order valence-corrected chi connectivity index (χ2v) is 7.00. The van der Waals surface area contributed by atoms with E-state index in [0.29, 0.717) is 29.0 Å². The molecule has 0 radical (unpaired) electrons. The van der Waals surface area contributed by atoms with Gasteiger partial charge in [0.25, 0.3) is 0 Å². The Kier molecular flexibility index (Phi) is 4.16. The fourth-order valence-electron chi connectivity index (χ4n) is 3.90. The molecule has 1 fully saturated rings. The summed E-state index contributed by atoms with van der Waals surface area (Å²) in [7, 11) is 0. The Morgan fingerprint density at radius 1 is 0.889 bits per heavy atom. The summed E-state index contributed by atoms with van der Waals surface area (Å²) < 4.78 is 17.4. The van der Waals surface area contributed by atoms with Gasteiger partial charge in [0.15, 0.2) is 11.5 Å². The van der Waals surface area contributed by atoms with Crippen molar-refractivity contribution in [3.8, 4) is 22.8 Å². The Morgan fingerprint density at radius 3 is 2.33 bits per heavy atom. The van der Waals surface area contributed by atoms with Crippen LogP contribution in [0.15, 0.2) is 56.4 Å². The van der Waals surface area contributed by atoms with Crippen molar-refractivity contribution >= 4 is 16.9 Å². The molecule has 0 aromatic carbocycles. The van der Waals surface area contributed by atoms with Gasteiger partial charge in [-0.1, -0.05) is 25.7 Å². The predicted octanol–water partition coefficient (Wildman–Crippen LogP) is 5.88. The lowest BCUT2D eigenvalue weighted by atomic mass is 10.1. The topological polar surface area (TPSA) is 77.2 Å². The van der Waals surface area contributed by atoms with Gasteiger partial charge in [0.05, 0.1) is 23.5 Å². The molecule has 6 nitrogen and oxygen atoms in total. The molecular formula is C21H21N3O3. The molecule has 6 heteroatoms. The van der Waals surface area contributed by atoms with Gasteiger partial charge in [-0.3, -0.25) is 0 Å². The minimum absolute atomic E-state index is 0.414. The molecule has 0 unspecified atom stereocenters. The van der Waals surface area contributed by atoms with Crippen LogP contribution in [-0.4, -0.2) is 16.0 Å². The molecule has 4 heterocycles. The van der Waals surface area contributed by atoms with Crippen LogP contribution in [0.3, 0.4) is 0 Å². The van der Waals surface area contributed by atoms with Crippen LogP contribution in [0, 0.1) is 0 Å². The standard InChI is InChI=1S/C21H21N3O3/c1-2-4-8-14(7-3-1)24-20-18-17(15-9-5-11-25-15)19(16-10-6-12-26-16)27-21(18)23-13-22-20/h5-6,9-14H,1-4,7-8H2,(H,22,23,24). The van der Waals surface area contributed by atoms with Crippen molar-refractivity contribution in [3.63, 3.8) is 0 Å². The molecule has 138 valence electrons. The van der Waals surface area contributed by atoms with E-state index in [1.54, 1.807) is 18.9 Å². The van der Waals surface area contributed by atoms with E-state index in [1.807, 2.05) is 24.3 Å². The number of aromatic nitrogens is 2. The van der Waals surface area contributed by atoms with E-state index in [4.69, 9.17) is 13.3 Å². The molecule has 1 N–H and O–H groups in total. The average molecular weight is 363 g/mol. The number of hydrogen-bond donors (Lipinski definition) is 1. The van der Waals surface area contributed by atoms with Crippen molar-refractivity contribution in [1.82, 2.24) is 9.97 Å². The van der Waals surface area contributed by atoms with E-state index >= 15 is 0 Å². The third-order valence-corrected chi connectivity index (χ3v) is 5.20. The highest BCUT2D eigenvalue weighted by atomic mass is 16.4. The zero-order valence-electron chi connectivity index (χ0n) is 15.0. The minimum atomic E-state index is 0.414. The molecule has 27 heavy (non-hydrogen) atoms. The first kappa shape index (κ1) is 16.2. The second-order valence-electron chi connectivity index (χ2n) is 7.00. The minimum Gasteiger partial charge on any atom is -0.464 e. The van der Waals surface area contributed by atoms with Gasteiger partial charge in [-0.2, -0.15) is 0 Å². The van der Waals surface area contributed by atoms with Crippen molar-refractivity contribution in [3.05, 3.63) is 43.1 Å². The molecule has 0 aliphatic heterocycles. The highest BCUT2D eigenvalue weighted by Crippen LogP contribution is 2.43. The summed E-state index contributed by atoms with van der Waals surface area (Å²) >= 11 is 0. The molecule has 4 aromatic rings. The molecule has 1 aliphatic rings. The Hall–Kier alpha value is -3.02. The molecule has 0 saturated heterocycles. The summed E-state index contributed by atoms with van der Waals surface area (Å²) in [4.78, 5) is 8.90. The molecule has 0 atom stereocenters. The van der Waals surface area contributed by atoms with Crippen molar-refractivity contribution in [2.75, 3.05) is 5.32 Å². The van der Waals surface area contributed by atoms with Crippen LogP contribution in [0.5, 0.6) is 0 Å². The highest BCUT2D eigenvalue weighted by Gasteiger charge is 2.26. The van der Waals surface area contributed by atoms with E-state index in [9.17, 15) is 0 Å². The summed E-state index contributed by atoms with van der Waals surface area (Å²) in [6.07, 6.45) is 12.3. The maximum absolute atomic E-state index is 6.08. The van der Waals surface area contributed by atoms with Gasteiger partial charge < -0.3 is 18.6 Å². The van der Waals surface area contributed by atoms with Gasteiger partial charge in [-0.15, -0.1) is 0 Å². The zero-order chi connectivity index (χ0) is 18.1. The normalized spacial score (nSPS) is 15.9. The van der Waals surface area contributed by atoms with Gasteiger partial charge in [-0.25, -0.2) is 9.97 Å². The first-order valence-electron chi connectivity index (χ1n) is 9.52. The largest absolute Gasteiger partial charge is 0.464 e. The van der Waals surface area contributed by atoms with Gasteiger partial charge in [0, 0.05) is 6.04 Å². The van der Waals surface area contributed by atoms with Crippen molar-refractivity contribution in [1.29, 1.82) is 0 Å². The maximum Gasteiger partial charge on any atom is 0.232 e. The quantitative estimate of drug-likeness (QED) is 0.456. The van der Waals surface area contributed by atoms with Crippen LogP contribution >= 0.6 is 0 Å². The van der Waals surface area contributed by atoms with Crippen LogP contribution in [0.1, 0.15) is 38.5 Å². The predicted molar refractivity (Wildman–Crippen MR) is 102 cm³/mol. The summed E-state index contributed by atoms with van der Waals surface area (Å²) in [5.74, 6) is 2.74. The number of anilines is 1. The third kappa shape index (κ3) is 3.01. The Morgan fingerprint density at radius 2 is 1.63 bits per heavy atom. The monoisotopic (exact) mass is 363 g/mol. The number of hydrogen-bond acceptors (Lipinski definition) is 6. The van der Waals surface area contributed by atoms with E-state index in [0.717, 1.165) is 29.6 Å². The summed E-state index contributed by atoms with van der Waals surface area (Å²) in [6.45, 7) is 0. The van der Waals surface area contributed by atoms with Crippen LogP contribution < -0.4 is 5.32 Å². The van der Waals surface area contributed by atoms with E-state index in [2.05, 4.69) is 15.3 Å². The fourth-order valence-corrected chi connectivity index (χ4v) is 3.90. The SMILES string of the molecule is c1coc(-c2oc3ncnc(NC4CCCCCC4)c3c2-c2ccco2)c1. The maximum atomic E-state index is 6.08. The molecule has 5 rings (SSSR count). The number of rotatable bonds is 4. The molecule has 1 aliphatic carbocycles. The average Bonchev–Trinajstić information content (AvgIpc) is 3.40. The lowest BCUT2D eigenvalue weighted by molar-refractivity contribution is 0.536. The first-order chi connectivity index (χ1) is 13.4. The van der Waals surface area contributed by atoms with Crippen molar-refractivity contribution in [2.24, 2.45) is 0 Å². The molecule has 0 bridgehead atoms. The second kappa shape index (κ2) is 6.95. The fraction of sp³-hybridized carbons (Fsp3) is 0.333. The molecule has 0 spiro atoms. The lowest BCUT2D eigenvalue weighted by Gasteiger charge is -2.17. The van der Waals surface area contributed by atoms with E-state index in [1.165, 1.54) is 25.7 Å². The van der Waals surface area contributed by atoms with Crippen LogP contribution in [0.4, 0.5) is 5.82 Å². The number of furan rings is 3. The molecule has 0 amide bonds. The summed E-state index contributed by atoms with van der Waals surface area (Å²) in [6, 6.07) is 7.90. The number of nitrogens with zero attached hydrogens (tertiary/aromatic N) is 2. The molecule has 4 aromatic heterocycles. The van der Waals surface area contributed by atoms with Crippen molar-refractivity contribution in [2.45, 2.75) is 44.6 Å². The Balaban J connectivity index is 1.66. The Labute approximate surface area is 156 Å². The summed E-state index contributed by atoms with van der Waals surface area (Å²) in [5.41, 5.74) is 1.35. The van der Waals surface area contributed by atoms with Gasteiger partial charge in [-0.05, 0) is 37.1 Å². The Bertz CT molecular complexity index is 1010. The number of fused-ring (bicyclic) bond motifs is 1. The van der Waals surface area contributed by atoms with E-state index in [-0.39, 0.29) is 0 Å². The van der Waals surface area contributed by atoms with Gasteiger partial charge >= 0.3 is 0 Å². The van der Waals surface area contributed by atoms with Gasteiger partial charge in [0.1, 0.15) is 17.9 Å². The number of nitrogens with one attached hydrogen (secondary N) is 1. The first-order valence-corrected chi connectivity index (χ1v) is 9.52. The van der Waals surface area contributed by atoms with Crippen LogP contribution in [0.25, 0.3) is 33.9 Å².